The number of hydrogen-bond donors (Lipinski definition) is 1. The van der Waals surface area contributed by atoms with Crippen molar-refractivity contribution in [2.24, 2.45) is 0 Å². The third-order valence-corrected chi connectivity index (χ3v) is 3.51. The molecule has 0 amide bonds. The van der Waals surface area contributed by atoms with E-state index >= 15 is 0 Å². The summed E-state index contributed by atoms with van der Waals surface area (Å²) in [5, 5.41) is 10.6. The first-order chi connectivity index (χ1) is 10.6. The van der Waals surface area contributed by atoms with Crippen LogP contribution in [-0.4, -0.2) is 16.1 Å². The van der Waals surface area contributed by atoms with Crippen molar-refractivity contribution in [3.63, 3.8) is 0 Å². The first kappa shape index (κ1) is 14.3. The molecule has 1 aromatic heterocycles. The molecule has 0 unspecified atom stereocenters. The zero-order valence-corrected chi connectivity index (χ0v) is 12.3. The minimum absolute atomic E-state index is 0.274. The van der Waals surface area contributed by atoms with Gasteiger partial charge in [-0.3, -0.25) is 0 Å². The Bertz CT molecular complexity index is 870. The Kier molecular flexibility index (Phi) is 3.90. The summed E-state index contributed by atoms with van der Waals surface area (Å²) < 4.78 is 0. The van der Waals surface area contributed by atoms with Crippen molar-refractivity contribution in [1.82, 2.24) is 4.98 Å². The van der Waals surface area contributed by atoms with E-state index in [1.165, 1.54) is 0 Å². The van der Waals surface area contributed by atoms with Crippen LogP contribution >= 0.6 is 11.6 Å². The number of hydrogen-bond acceptors (Lipinski definition) is 2. The van der Waals surface area contributed by atoms with Gasteiger partial charge in [-0.2, -0.15) is 0 Å². The van der Waals surface area contributed by atoms with E-state index in [0.717, 1.165) is 22.2 Å². The number of aromatic nitrogens is 1. The Hall–Kier alpha value is -2.65. The molecule has 0 atom stereocenters. The number of fused-ring (bicyclic) bond motifs is 1. The van der Waals surface area contributed by atoms with Crippen molar-refractivity contribution in [2.45, 2.75) is 0 Å². The molecule has 108 valence electrons. The lowest BCUT2D eigenvalue weighted by Crippen LogP contribution is -1.94. The van der Waals surface area contributed by atoms with Gasteiger partial charge in [0.05, 0.1) is 16.8 Å². The van der Waals surface area contributed by atoms with Gasteiger partial charge >= 0.3 is 5.97 Å². The zero-order chi connectivity index (χ0) is 15.5. The van der Waals surface area contributed by atoms with Gasteiger partial charge in [0.25, 0.3) is 0 Å². The molecule has 1 heterocycles. The summed E-state index contributed by atoms with van der Waals surface area (Å²) in [7, 11) is 0. The first-order valence-electron chi connectivity index (χ1n) is 6.69. The Balaban J connectivity index is 1.86. The highest BCUT2D eigenvalue weighted by atomic mass is 35.5. The fraction of sp³-hybridized carbons (Fsp3) is 0. The Morgan fingerprint density at radius 3 is 2.45 bits per heavy atom. The molecule has 4 heteroatoms. The van der Waals surface area contributed by atoms with Crippen molar-refractivity contribution in [3.8, 4) is 0 Å². The van der Waals surface area contributed by atoms with Crippen LogP contribution in [-0.2, 0) is 0 Å². The maximum Gasteiger partial charge on any atom is 0.335 e. The van der Waals surface area contributed by atoms with Gasteiger partial charge < -0.3 is 5.11 Å². The number of carboxylic acid groups (broad SMARTS) is 1. The van der Waals surface area contributed by atoms with E-state index in [2.05, 4.69) is 4.98 Å². The number of carbonyl (C=O) groups is 1. The monoisotopic (exact) mass is 309 g/mol. The van der Waals surface area contributed by atoms with Crippen LogP contribution in [0.1, 0.15) is 21.6 Å². The molecule has 3 aromatic rings. The van der Waals surface area contributed by atoms with Crippen LogP contribution in [0.5, 0.6) is 0 Å². The number of benzene rings is 2. The van der Waals surface area contributed by atoms with Gasteiger partial charge in [-0.25, -0.2) is 9.78 Å². The molecule has 0 aliphatic carbocycles. The standard InChI is InChI=1S/C18H12ClNO2/c19-15-8-6-13-7-10-16(20-17(13)11-15)9-3-12-1-4-14(5-2-12)18(21)22/h1-11H,(H,21,22)/b9-3+. The molecular weight excluding hydrogens is 298 g/mol. The van der Waals surface area contributed by atoms with Crippen LogP contribution in [0.15, 0.2) is 54.6 Å². The smallest absolute Gasteiger partial charge is 0.335 e. The molecule has 0 spiro atoms. The number of aromatic carboxylic acids is 1. The minimum Gasteiger partial charge on any atom is -0.478 e. The fourth-order valence-corrected chi connectivity index (χ4v) is 2.28. The van der Waals surface area contributed by atoms with Gasteiger partial charge in [0.1, 0.15) is 0 Å². The van der Waals surface area contributed by atoms with E-state index in [4.69, 9.17) is 16.7 Å². The van der Waals surface area contributed by atoms with Crippen molar-refractivity contribution >= 4 is 40.6 Å². The maximum atomic E-state index is 10.8. The largest absolute Gasteiger partial charge is 0.478 e. The molecule has 0 saturated heterocycles. The minimum atomic E-state index is -0.927. The fourth-order valence-electron chi connectivity index (χ4n) is 2.12. The van der Waals surface area contributed by atoms with Crippen LogP contribution < -0.4 is 0 Å². The SMILES string of the molecule is O=C(O)c1ccc(/C=C/c2ccc3ccc(Cl)cc3n2)cc1. The Morgan fingerprint density at radius 1 is 1.00 bits per heavy atom. The van der Waals surface area contributed by atoms with Crippen molar-refractivity contribution in [2.75, 3.05) is 0 Å². The zero-order valence-electron chi connectivity index (χ0n) is 11.5. The molecule has 22 heavy (non-hydrogen) atoms. The molecular formula is C18H12ClNO2. The summed E-state index contributed by atoms with van der Waals surface area (Å²) in [5.41, 5.74) is 2.85. The van der Waals surface area contributed by atoms with E-state index in [9.17, 15) is 4.79 Å². The highest BCUT2D eigenvalue weighted by molar-refractivity contribution is 6.31. The molecule has 0 fully saturated rings. The van der Waals surface area contributed by atoms with Gasteiger partial charge in [0, 0.05) is 10.4 Å². The van der Waals surface area contributed by atoms with Crippen LogP contribution in [0.2, 0.25) is 5.02 Å². The van der Waals surface area contributed by atoms with Crippen molar-refractivity contribution < 1.29 is 9.90 Å². The van der Waals surface area contributed by atoms with Crippen LogP contribution in [0, 0.1) is 0 Å². The Labute approximate surface area is 132 Å². The maximum absolute atomic E-state index is 10.8. The average Bonchev–Trinajstić information content (AvgIpc) is 2.53. The molecule has 0 aliphatic heterocycles. The van der Waals surface area contributed by atoms with Gasteiger partial charge in [0.2, 0.25) is 0 Å². The number of halogens is 1. The summed E-state index contributed by atoms with van der Waals surface area (Å²) in [5.74, 6) is -0.927. The molecule has 2 aromatic carbocycles. The van der Waals surface area contributed by atoms with E-state index in [0.29, 0.717) is 5.02 Å². The third kappa shape index (κ3) is 3.15. The third-order valence-electron chi connectivity index (χ3n) is 3.28. The second-order valence-electron chi connectivity index (χ2n) is 4.83. The van der Waals surface area contributed by atoms with Gasteiger partial charge in [-0.15, -0.1) is 0 Å². The van der Waals surface area contributed by atoms with E-state index in [-0.39, 0.29) is 5.56 Å². The predicted octanol–water partition coefficient (Wildman–Crippen LogP) is 4.76. The molecule has 0 bridgehead atoms. The molecule has 3 nitrogen and oxygen atoms in total. The normalized spacial score (nSPS) is 11.1. The van der Waals surface area contributed by atoms with Crippen molar-refractivity contribution in [3.05, 3.63) is 76.4 Å². The summed E-state index contributed by atoms with van der Waals surface area (Å²) >= 11 is 5.98. The number of carboxylic acids is 1. The van der Waals surface area contributed by atoms with Gasteiger partial charge in [-0.1, -0.05) is 41.9 Å². The quantitative estimate of drug-likeness (QED) is 0.759. The lowest BCUT2D eigenvalue weighted by Gasteiger charge is -2.00. The second-order valence-corrected chi connectivity index (χ2v) is 5.27. The highest BCUT2D eigenvalue weighted by Gasteiger charge is 2.00. The summed E-state index contributed by atoms with van der Waals surface area (Å²) in [6.07, 6.45) is 3.78. The first-order valence-corrected chi connectivity index (χ1v) is 7.07. The van der Waals surface area contributed by atoms with Crippen LogP contribution in [0.25, 0.3) is 23.1 Å². The van der Waals surface area contributed by atoms with Crippen LogP contribution in [0.3, 0.4) is 0 Å². The van der Waals surface area contributed by atoms with Crippen LogP contribution in [0.4, 0.5) is 0 Å². The van der Waals surface area contributed by atoms with E-state index in [1.807, 2.05) is 42.5 Å². The average molecular weight is 310 g/mol. The number of rotatable bonds is 3. The summed E-state index contributed by atoms with van der Waals surface area (Å²) in [6, 6.07) is 16.2. The lowest BCUT2D eigenvalue weighted by atomic mass is 10.1. The molecule has 1 N–H and O–H groups in total. The molecule has 3 rings (SSSR count). The van der Waals surface area contributed by atoms with Crippen molar-refractivity contribution in [1.29, 1.82) is 0 Å². The summed E-state index contributed by atoms with van der Waals surface area (Å²) in [4.78, 5) is 15.3. The summed E-state index contributed by atoms with van der Waals surface area (Å²) in [6.45, 7) is 0. The molecule has 0 radical (unpaired) electrons. The van der Waals surface area contributed by atoms with Gasteiger partial charge in [-0.05, 0) is 42.0 Å². The van der Waals surface area contributed by atoms with Gasteiger partial charge in [0.15, 0.2) is 0 Å². The highest BCUT2D eigenvalue weighted by Crippen LogP contribution is 2.19. The van der Waals surface area contributed by atoms with E-state index < -0.39 is 5.97 Å². The van der Waals surface area contributed by atoms with E-state index in [1.54, 1.807) is 24.3 Å². The molecule has 0 saturated carbocycles. The predicted molar refractivity (Wildman–Crippen MR) is 89.1 cm³/mol. The second kappa shape index (κ2) is 6.00. The number of pyridine rings is 1. The topological polar surface area (TPSA) is 50.2 Å². The number of nitrogens with zero attached hydrogens (tertiary/aromatic N) is 1. The Morgan fingerprint density at radius 2 is 1.73 bits per heavy atom. The molecule has 0 aliphatic rings. The lowest BCUT2D eigenvalue weighted by molar-refractivity contribution is 0.0697.